The molecule has 0 atom stereocenters. The first-order valence-corrected chi connectivity index (χ1v) is 8.28. The molecule has 0 radical (unpaired) electrons. The number of benzene rings is 2. The van der Waals surface area contributed by atoms with E-state index >= 15 is 0 Å². The van der Waals surface area contributed by atoms with Crippen LogP contribution in [0.1, 0.15) is 17.5 Å². The lowest BCUT2D eigenvalue weighted by molar-refractivity contribution is -0.274. The number of carbonyl (C=O) groups is 1. The summed E-state index contributed by atoms with van der Waals surface area (Å²) in [4.78, 5) is 14.2. The van der Waals surface area contributed by atoms with E-state index in [1.54, 1.807) is 4.90 Å². The predicted molar refractivity (Wildman–Crippen MR) is 92.4 cm³/mol. The summed E-state index contributed by atoms with van der Waals surface area (Å²) in [6.45, 7) is 1.17. The van der Waals surface area contributed by atoms with E-state index in [0.29, 0.717) is 18.7 Å². The zero-order valence-corrected chi connectivity index (χ0v) is 14.0. The summed E-state index contributed by atoms with van der Waals surface area (Å²) in [5.74, 6) is -0.333. The Balaban J connectivity index is 1.57. The zero-order valence-electron chi connectivity index (χ0n) is 14.0. The highest BCUT2D eigenvalue weighted by molar-refractivity contribution is 5.80. The second-order valence-electron chi connectivity index (χ2n) is 6.05. The smallest absolute Gasteiger partial charge is 0.406 e. The van der Waals surface area contributed by atoms with Gasteiger partial charge in [-0.15, -0.1) is 13.2 Å². The van der Waals surface area contributed by atoms with Gasteiger partial charge < -0.3 is 9.64 Å². The van der Waals surface area contributed by atoms with E-state index in [1.165, 1.54) is 35.4 Å². The van der Waals surface area contributed by atoms with E-state index in [0.717, 1.165) is 6.42 Å². The molecule has 0 aromatic heterocycles. The van der Waals surface area contributed by atoms with Crippen LogP contribution in [0.5, 0.6) is 5.75 Å². The molecule has 0 bridgehead atoms. The van der Waals surface area contributed by atoms with Gasteiger partial charge in [0.1, 0.15) is 5.75 Å². The molecule has 0 aliphatic carbocycles. The molecule has 1 amide bonds. The Hall–Kier alpha value is -2.76. The summed E-state index contributed by atoms with van der Waals surface area (Å²) in [5.41, 5.74) is 3.05. The lowest BCUT2D eigenvalue weighted by atomic mass is 9.99. The highest BCUT2D eigenvalue weighted by Crippen LogP contribution is 2.24. The van der Waals surface area contributed by atoms with Gasteiger partial charge >= 0.3 is 6.36 Å². The minimum atomic E-state index is -4.71. The zero-order chi connectivity index (χ0) is 18.6. The first kappa shape index (κ1) is 18.0. The van der Waals surface area contributed by atoms with Crippen molar-refractivity contribution < 1.29 is 22.7 Å². The quantitative estimate of drug-likeness (QED) is 0.806. The molecule has 2 aromatic carbocycles. The predicted octanol–water partition coefficient (Wildman–Crippen LogP) is 4.44. The SMILES string of the molecule is O=C(Cc1ccc(OC(F)(F)F)cc1)N1CC=C(c2ccccc2)CC1. The van der Waals surface area contributed by atoms with Crippen molar-refractivity contribution in [3.63, 3.8) is 0 Å². The van der Waals surface area contributed by atoms with Gasteiger partial charge in [-0.3, -0.25) is 4.79 Å². The maximum atomic E-state index is 12.4. The van der Waals surface area contributed by atoms with Crippen LogP contribution in [0, 0.1) is 0 Å². The summed E-state index contributed by atoms with van der Waals surface area (Å²) < 4.78 is 40.3. The Bertz CT molecular complexity index is 783. The number of carbonyl (C=O) groups excluding carboxylic acids is 1. The summed E-state index contributed by atoms with van der Waals surface area (Å²) in [6.07, 6.45) is -1.72. The molecule has 136 valence electrons. The van der Waals surface area contributed by atoms with Gasteiger partial charge in [-0.05, 0) is 35.3 Å². The van der Waals surface area contributed by atoms with Crippen molar-refractivity contribution in [3.05, 3.63) is 71.8 Å². The molecule has 1 aliphatic rings. The van der Waals surface area contributed by atoms with E-state index in [9.17, 15) is 18.0 Å². The van der Waals surface area contributed by atoms with Gasteiger partial charge in [-0.1, -0.05) is 48.5 Å². The Morgan fingerprint density at radius 3 is 2.31 bits per heavy atom. The Morgan fingerprint density at radius 1 is 1.04 bits per heavy atom. The molecular formula is C20H18F3NO2. The summed E-state index contributed by atoms with van der Waals surface area (Å²) in [7, 11) is 0. The fourth-order valence-corrected chi connectivity index (χ4v) is 2.91. The molecule has 3 rings (SSSR count). The molecule has 0 unspecified atom stereocenters. The summed E-state index contributed by atoms with van der Waals surface area (Å²) in [6, 6.07) is 15.4. The van der Waals surface area contributed by atoms with Gasteiger partial charge in [0.25, 0.3) is 0 Å². The fraction of sp³-hybridized carbons (Fsp3) is 0.250. The molecule has 2 aromatic rings. The number of hydrogen-bond donors (Lipinski definition) is 0. The molecule has 6 heteroatoms. The average molecular weight is 361 g/mol. The molecule has 0 spiro atoms. The molecule has 0 saturated carbocycles. The van der Waals surface area contributed by atoms with Gasteiger partial charge in [0, 0.05) is 13.1 Å². The largest absolute Gasteiger partial charge is 0.573 e. The average Bonchev–Trinajstić information content (AvgIpc) is 2.63. The van der Waals surface area contributed by atoms with Crippen LogP contribution in [-0.2, 0) is 11.2 Å². The molecule has 0 saturated heterocycles. The molecule has 3 nitrogen and oxygen atoms in total. The second-order valence-corrected chi connectivity index (χ2v) is 6.05. The first-order valence-electron chi connectivity index (χ1n) is 8.28. The molecule has 26 heavy (non-hydrogen) atoms. The number of halogens is 3. The fourth-order valence-electron chi connectivity index (χ4n) is 2.91. The second kappa shape index (κ2) is 7.64. The number of amides is 1. The number of nitrogens with zero attached hydrogens (tertiary/aromatic N) is 1. The van der Waals surface area contributed by atoms with Crippen molar-refractivity contribution in [1.29, 1.82) is 0 Å². The van der Waals surface area contributed by atoms with Gasteiger partial charge in [0.2, 0.25) is 5.91 Å². The van der Waals surface area contributed by atoms with Gasteiger partial charge in [-0.2, -0.15) is 0 Å². The third-order valence-electron chi connectivity index (χ3n) is 4.22. The van der Waals surface area contributed by atoms with E-state index in [1.807, 2.05) is 30.3 Å². The number of ether oxygens (including phenoxy) is 1. The Kier molecular flexibility index (Phi) is 5.30. The lowest BCUT2D eigenvalue weighted by Gasteiger charge is -2.27. The highest BCUT2D eigenvalue weighted by atomic mass is 19.4. The normalized spacial score (nSPS) is 14.7. The molecule has 0 fully saturated rings. The monoisotopic (exact) mass is 361 g/mol. The van der Waals surface area contributed by atoms with Crippen molar-refractivity contribution in [2.24, 2.45) is 0 Å². The van der Waals surface area contributed by atoms with Crippen LogP contribution in [-0.4, -0.2) is 30.3 Å². The van der Waals surface area contributed by atoms with Crippen molar-refractivity contribution >= 4 is 11.5 Å². The highest BCUT2D eigenvalue weighted by Gasteiger charge is 2.31. The lowest BCUT2D eigenvalue weighted by Crippen LogP contribution is -2.35. The third-order valence-corrected chi connectivity index (χ3v) is 4.22. The van der Waals surface area contributed by atoms with Gasteiger partial charge in [0.15, 0.2) is 0 Å². The van der Waals surface area contributed by atoms with E-state index < -0.39 is 6.36 Å². The standard InChI is InChI=1S/C20H18F3NO2/c21-20(22,23)26-18-8-6-15(7-9-18)14-19(25)24-12-10-17(11-13-24)16-4-2-1-3-5-16/h1-10H,11-14H2. The molecule has 1 heterocycles. The maximum Gasteiger partial charge on any atom is 0.573 e. The van der Waals surface area contributed by atoms with Crippen molar-refractivity contribution in [2.45, 2.75) is 19.2 Å². The minimum Gasteiger partial charge on any atom is -0.406 e. The molecule has 1 aliphatic heterocycles. The van der Waals surface area contributed by atoms with Crippen LogP contribution >= 0.6 is 0 Å². The number of rotatable bonds is 4. The van der Waals surface area contributed by atoms with Gasteiger partial charge in [0.05, 0.1) is 6.42 Å². The third kappa shape index (κ3) is 4.88. The molecule has 0 N–H and O–H groups in total. The van der Waals surface area contributed by atoms with Gasteiger partial charge in [-0.25, -0.2) is 0 Å². The van der Waals surface area contributed by atoms with Crippen molar-refractivity contribution in [1.82, 2.24) is 4.90 Å². The number of alkyl halides is 3. The summed E-state index contributed by atoms with van der Waals surface area (Å²) in [5, 5.41) is 0. The maximum absolute atomic E-state index is 12.4. The van der Waals surface area contributed by atoms with Crippen molar-refractivity contribution in [3.8, 4) is 5.75 Å². The molecular weight excluding hydrogens is 343 g/mol. The van der Waals surface area contributed by atoms with Crippen LogP contribution in [0.25, 0.3) is 5.57 Å². The number of hydrogen-bond acceptors (Lipinski definition) is 2. The van der Waals surface area contributed by atoms with Crippen LogP contribution < -0.4 is 4.74 Å². The minimum absolute atomic E-state index is 0.0437. The van der Waals surface area contributed by atoms with E-state index in [-0.39, 0.29) is 18.1 Å². The Morgan fingerprint density at radius 2 is 1.73 bits per heavy atom. The topological polar surface area (TPSA) is 29.5 Å². The van der Waals surface area contributed by atoms with Crippen LogP contribution in [0.2, 0.25) is 0 Å². The van der Waals surface area contributed by atoms with Crippen molar-refractivity contribution in [2.75, 3.05) is 13.1 Å². The van der Waals surface area contributed by atoms with E-state index in [2.05, 4.69) is 10.8 Å². The first-order chi connectivity index (χ1) is 12.4. The van der Waals surface area contributed by atoms with E-state index in [4.69, 9.17) is 0 Å². The Labute approximate surface area is 149 Å². The summed E-state index contributed by atoms with van der Waals surface area (Å²) >= 11 is 0. The van der Waals surface area contributed by atoms with Crippen LogP contribution in [0.3, 0.4) is 0 Å². The van der Waals surface area contributed by atoms with Crippen LogP contribution in [0.4, 0.5) is 13.2 Å². The van der Waals surface area contributed by atoms with Crippen LogP contribution in [0.15, 0.2) is 60.7 Å².